The molecule has 68 valence electrons. The molecule has 1 unspecified atom stereocenters. The molecule has 0 aliphatic rings. The number of nitrogens with two attached hydrogens (primary N) is 1. The topological polar surface area (TPSA) is 35.2 Å². The average Bonchev–Trinajstić information content (AvgIpc) is 2.47. The minimum absolute atomic E-state index is 0.00694. The molecule has 1 aromatic rings. The Bertz CT molecular complexity index is 239. The van der Waals surface area contributed by atoms with Crippen LogP contribution in [0.4, 0.5) is 0 Å². The van der Waals surface area contributed by atoms with Gasteiger partial charge in [0.2, 0.25) is 0 Å². The maximum Gasteiger partial charge on any atom is 0.0701 e. The molecule has 0 aliphatic carbocycles. The van der Waals surface area contributed by atoms with Crippen molar-refractivity contribution in [2.24, 2.45) is 5.73 Å². The van der Waals surface area contributed by atoms with Crippen LogP contribution in [-0.4, -0.2) is 13.2 Å². The van der Waals surface area contributed by atoms with Crippen molar-refractivity contribution in [2.45, 2.75) is 13.0 Å². The van der Waals surface area contributed by atoms with E-state index in [1.807, 2.05) is 18.4 Å². The third-order valence-electron chi connectivity index (χ3n) is 1.52. The molecule has 0 spiro atoms. The van der Waals surface area contributed by atoms with E-state index in [1.54, 1.807) is 11.3 Å². The van der Waals surface area contributed by atoms with Crippen LogP contribution in [0.2, 0.25) is 0 Å². The van der Waals surface area contributed by atoms with Gasteiger partial charge in [-0.1, -0.05) is 0 Å². The maximum atomic E-state index is 5.86. The molecule has 1 atom stereocenters. The summed E-state index contributed by atoms with van der Waals surface area (Å²) in [6, 6.07) is 2.04. The van der Waals surface area contributed by atoms with Crippen molar-refractivity contribution >= 4 is 27.3 Å². The lowest BCUT2D eigenvalue weighted by atomic mass is 10.2. The second-order valence-corrected chi connectivity index (χ2v) is 4.74. The lowest BCUT2D eigenvalue weighted by Crippen LogP contribution is -2.16. The van der Waals surface area contributed by atoms with Gasteiger partial charge in [-0.2, -0.15) is 0 Å². The largest absolute Gasteiger partial charge is 0.380 e. The molecule has 1 rings (SSSR count). The first kappa shape index (κ1) is 10.2. The Balaban J connectivity index is 2.47. The Morgan fingerprint density at radius 2 is 2.50 bits per heavy atom. The highest BCUT2D eigenvalue weighted by Gasteiger charge is 2.07. The molecular formula is C8H12BrNOS. The van der Waals surface area contributed by atoms with Crippen molar-refractivity contribution in [1.29, 1.82) is 0 Å². The Hall–Kier alpha value is 0.100. The standard InChI is InChI=1S/C8H12BrNOS/c1-2-11-4-7(10)6-3-8(9)12-5-6/h3,5,7H,2,4,10H2,1H3. The number of thiophene rings is 1. The highest BCUT2D eigenvalue weighted by atomic mass is 79.9. The summed E-state index contributed by atoms with van der Waals surface area (Å²) in [5.41, 5.74) is 6.99. The zero-order valence-corrected chi connectivity index (χ0v) is 9.32. The van der Waals surface area contributed by atoms with E-state index < -0.39 is 0 Å². The van der Waals surface area contributed by atoms with Gasteiger partial charge in [-0.3, -0.25) is 0 Å². The minimum Gasteiger partial charge on any atom is -0.380 e. The van der Waals surface area contributed by atoms with Crippen LogP contribution in [0.1, 0.15) is 18.5 Å². The van der Waals surface area contributed by atoms with Crippen LogP contribution >= 0.6 is 27.3 Å². The summed E-state index contributed by atoms with van der Waals surface area (Å²) in [5, 5.41) is 2.05. The second-order valence-electron chi connectivity index (χ2n) is 2.45. The summed E-state index contributed by atoms with van der Waals surface area (Å²) >= 11 is 5.04. The maximum absolute atomic E-state index is 5.86. The molecule has 2 N–H and O–H groups in total. The highest BCUT2D eigenvalue weighted by Crippen LogP contribution is 2.24. The molecule has 2 nitrogen and oxygen atoms in total. The Labute approximate surface area is 84.9 Å². The van der Waals surface area contributed by atoms with Gasteiger partial charge in [-0.25, -0.2) is 0 Å². The number of rotatable bonds is 4. The van der Waals surface area contributed by atoms with E-state index >= 15 is 0 Å². The first-order valence-corrected chi connectivity index (χ1v) is 5.48. The number of hydrogen-bond donors (Lipinski definition) is 1. The van der Waals surface area contributed by atoms with Crippen LogP contribution in [-0.2, 0) is 4.74 Å². The van der Waals surface area contributed by atoms with E-state index in [2.05, 4.69) is 15.9 Å². The molecule has 0 fully saturated rings. The summed E-state index contributed by atoms with van der Waals surface area (Å²) < 4.78 is 6.34. The molecule has 0 aliphatic heterocycles. The molecule has 0 aromatic carbocycles. The smallest absolute Gasteiger partial charge is 0.0701 e. The van der Waals surface area contributed by atoms with Crippen molar-refractivity contribution < 1.29 is 4.74 Å². The van der Waals surface area contributed by atoms with Crippen LogP contribution in [0, 0.1) is 0 Å². The minimum atomic E-state index is 0.00694. The van der Waals surface area contributed by atoms with Gasteiger partial charge in [-0.15, -0.1) is 11.3 Å². The van der Waals surface area contributed by atoms with E-state index in [0.717, 1.165) is 16.0 Å². The molecule has 1 heterocycles. The van der Waals surface area contributed by atoms with Gasteiger partial charge < -0.3 is 10.5 Å². The average molecular weight is 250 g/mol. The summed E-state index contributed by atoms with van der Waals surface area (Å²) in [7, 11) is 0. The lowest BCUT2D eigenvalue weighted by molar-refractivity contribution is 0.133. The summed E-state index contributed by atoms with van der Waals surface area (Å²) in [6.45, 7) is 3.29. The first-order chi connectivity index (χ1) is 5.74. The highest BCUT2D eigenvalue weighted by molar-refractivity contribution is 9.11. The third kappa shape index (κ3) is 2.86. The van der Waals surface area contributed by atoms with Gasteiger partial charge in [0.1, 0.15) is 0 Å². The van der Waals surface area contributed by atoms with Crippen molar-refractivity contribution in [3.05, 3.63) is 20.8 Å². The molecule has 4 heteroatoms. The van der Waals surface area contributed by atoms with Gasteiger partial charge in [0.15, 0.2) is 0 Å². The van der Waals surface area contributed by atoms with Gasteiger partial charge >= 0.3 is 0 Å². The molecule has 0 bridgehead atoms. The molecule has 0 radical (unpaired) electrons. The van der Waals surface area contributed by atoms with Crippen LogP contribution < -0.4 is 5.73 Å². The Morgan fingerprint density at radius 1 is 1.75 bits per heavy atom. The van der Waals surface area contributed by atoms with Crippen molar-refractivity contribution in [1.82, 2.24) is 0 Å². The molecule has 0 saturated carbocycles. The van der Waals surface area contributed by atoms with Crippen molar-refractivity contribution in [2.75, 3.05) is 13.2 Å². The van der Waals surface area contributed by atoms with Gasteiger partial charge in [-0.05, 0) is 39.9 Å². The summed E-state index contributed by atoms with van der Waals surface area (Å²) in [6.07, 6.45) is 0. The van der Waals surface area contributed by atoms with E-state index in [9.17, 15) is 0 Å². The van der Waals surface area contributed by atoms with Crippen LogP contribution in [0.5, 0.6) is 0 Å². The van der Waals surface area contributed by atoms with Crippen LogP contribution in [0.25, 0.3) is 0 Å². The van der Waals surface area contributed by atoms with E-state index in [0.29, 0.717) is 6.61 Å². The van der Waals surface area contributed by atoms with Crippen LogP contribution in [0.15, 0.2) is 15.2 Å². The number of hydrogen-bond acceptors (Lipinski definition) is 3. The fourth-order valence-corrected chi connectivity index (χ4v) is 2.10. The Kier molecular flexibility index (Phi) is 4.21. The fourth-order valence-electron chi connectivity index (χ4n) is 0.859. The predicted octanol–water partition coefficient (Wildman–Crippen LogP) is 2.55. The normalized spacial score (nSPS) is 13.2. The molecular weight excluding hydrogens is 238 g/mol. The predicted molar refractivity (Wildman–Crippen MR) is 55.4 cm³/mol. The monoisotopic (exact) mass is 249 g/mol. The number of halogens is 1. The molecule has 0 saturated heterocycles. The quantitative estimate of drug-likeness (QED) is 0.891. The first-order valence-electron chi connectivity index (χ1n) is 3.81. The van der Waals surface area contributed by atoms with E-state index in [4.69, 9.17) is 10.5 Å². The van der Waals surface area contributed by atoms with Gasteiger partial charge in [0.05, 0.1) is 16.4 Å². The van der Waals surface area contributed by atoms with Crippen LogP contribution in [0.3, 0.4) is 0 Å². The van der Waals surface area contributed by atoms with Crippen molar-refractivity contribution in [3.63, 3.8) is 0 Å². The third-order valence-corrected chi connectivity index (χ3v) is 3.04. The van der Waals surface area contributed by atoms with Crippen molar-refractivity contribution in [3.8, 4) is 0 Å². The summed E-state index contributed by atoms with van der Waals surface area (Å²) in [5.74, 6) is 0. The van der Waals surface area contributed by atoms with Gasteiger partial charge in [0.25, 0.3) is 0 Å². The lowest BCUT2D eigenvalue weighted by Gasteiger charge is -2.08. The summed E-state index contributed by atoms with van der Waals surface area (Å²) in [4.78, 5) is 0. The molecule has 0 amide bonds. The SMILES string of the molecule is CCOCC(N)c1csc(Br)c1. The van der Waals surface area contributed by atoms with Gasteiger partial charge in [0, 0.05) is 6.61 Å². The van der Waals surface area contributed by atoms with E-state index in [-0.39, 0.29) is 6.04 Å². The van der Waals surface area contributed by atoms with E-state index in [1.165, 1.54) is 0 Å². The number of ether oxygens (including phenoxy) is 1. The molecule has 12 heavy (non-hydrogen) atoms. The second kappa shape index (κ2) is 4.97. The zero-order valence-electron chi connectivity index (χ0n) is 6.92. The fraction of sp³-hybridized carbons (Fsp3) is 0.500. The Morgan fingerprint density at radius 3 is 3.00 bits per heavy atom. The zero-order chi connectivity index (χ0) is 8.97. The molecule has 1 aromatic heterocycles.